The molecular weight excluding hydrogens is 679 g/mol. The van der Waals surface area contributed by atoms with Crippen LogP contribution < -0.4 is 15.1 Å². The first-order valence-electron chi connectivity index (χ1n) is 14.2. The van der Waals surface area contributed by atoms with Crippen molar-refractivity contribution in [3.63, 3.8) is 0 Å². The number of aromatic nitrogens is 1. The largest absolute Gasteiger partial charge is 0.462 e. The van der Waals surface area contributed by atoms with Crippen LogP contribution in [0.1, 0.15) is 39.2 Å². The number of benzene rings is 3. The second kappa shape index (κ2) is 12.7. The number of ether oxygens (including phenoxy) is 1. The van der Waals surface area contributed by atoms with Gasteiger partial charge in [0.15, 0.2) is 0 Å². The average Bonchev–Trinajstić information content (AvgIpc) is 3.47. The summed E-state index contributed by atoms with van der Waals surface area (Å²) in [6.07, 6.45) is -4.83. The second-order valence-electron chi connectivity index (χ2n) is 10.6. The predicted octanol–water partition coefficient (Wildman–Crippen LogP) is 6.19. The number of carbonyl (C=O) groups is 4. The molecule has 2 aliphatic heterocycles. The van der Waals surface area contributed by atoms with Gasteiger partial charge in [0.05, 0.1) is 34.4 Å². The van der Waals surface area contributed by atoms with Crippen molar-refractivity contribution in [3.05, 3.63) is 109 Å². The quantitative estimate of drug-likeness (QED) is 0.181. The Kier molecular flexibility index (Phi) is 8.76. The number of halogens is 4. The van der Waals surface area contributed by atoms with Crippen molar-refractivity contribution in [2.24, 2.45) is 5.92 Å². The third-order valence-corrected chi connectivity index (χ3v) is 10.6. The van der Waals surface area contributed by atoms with Crippen LogP contribution in [0.15, 0.2) is 82.6 Å². The molecule has 1 N–H and O–H groups in total. The van der Waals surface area contributed by atoms with Crippen molar-refractivity contribution in [2.75, 3.05) is 16.8 Å². The number of fused-ring (bicyclic) bond motifs is 2. The molecule has 3 amide bonds. The Hall–Kier alpha value is -4.40. The summed E-state index contributed by atoms with van der Waals surface area (Å²) >= 11 is 7.79. The van der Waals surface area contributed by atoms with Gasteiger partial charge in [-0.2, -0.15) is 13.2 Å². The van der Waals surface area contributed by atoms with Crippen LogP contribution in [0, 0.1) is 5.92 Å². The Balaban J connectivity index is 1.36. The summed E-state index contributed by atoms with van der Waals surface area (Å²) in [5, 5.41) is 2.14. The van der Waals surface area contributed by atoms with E-state index in [1.54, 1.807) is 31.2 Å². The molecule has 4 aromatic rings. The number of amides is 3. The van der Waals surface area contributed by atoms with Gasteiger partial charge in [0.1, 0.15) is 11.8 Å². The molecule has 0 saturated carbocycles. The number of hydrogen-bond acceptors (Lipinski definition) is 8. The number of nitrogens with zero attached hydrogens (tertiary/aromatic N) is 2. The van der Waals surface area contributed by atoms with E-state index in [4.69, 9.17) is 16.3 Å². The zero-order valence-corrected chi connectivity index (χ0v) is 26.6. The summed E-state index contributed by atoms with van der Waals surface area (Å²) in [7, 11) is 0. The molecule has 2 aliphatic rings. The first-order valence-corrected chi connectivity index (χ1v) is 16.2. The Morgan fingerprint density at radius 3 is 2.30 bits per heavy atom. The molecule has 1 fully saturated rings. The standard InChI is InChI=1S/C32H23ClF3N3O6S2/c1-2-45-30(43)17-9-13-19(14-10-17)37-22(40)15-38-29-26(47-31(38)44)23(16-7-11-18(33)12-8-16)24-25(46-29)28(42)39(27(24)41)21-6-4-3-5-20(21)32(34,35)36/h3-14,23-25H,2,15H2,1H3,(H,37,40). The van der Waals surface area contributed by atoms with Crippen LogP contribution in [0.25, 0.3) is 0 Å². The number of thiazole rings is 1. The van der Waals surface area contributed by atoms with Crippen LogP contribution in [0.4, 0.5) is 24.5 Å². The van der Waals surface area contributed by atoms with E-state index in [0.717, 1.165) is 35.2 Å². The number of anilines is 2. The Morgan fingerprint density at radius 2 is 1.64 bits per heavy atom. The Bertz CT molecular complexity index is 1960. The number of carbonyl (C=O) groups excluding carboxylic acids is 4. The molecule has 3 atom stereocenters. The molecule has 0 bridgehead atoms. The van der Waals surface area contributed by atoms with Crippen molar-refractivity contribution < 1.29 is 37.1 Å². The number of esters is 1. The summed E-state index contributed by atoms with van der Waals surface area (Å²) in [4.78, 5) is 66.7. The molecule has 9 nitrogen and oxygen atoms in total. The summed E-state index contributed by atoms with van der Waals surface area (Å²) in [6, 6.07) is 16.7. The maximum absolute atomic E-state index is 14.0. The third-order valence-electron chi connectivity index (χ3n) is 7.71. The SMILES string of the molecule is CCOC(=O)c1ccc(NC(=O)Cn2c3c(sc2=O)C(c2ccc(Cl)cc2)C2C(=O)N(c4ccccc4C(F)(F)F)C(=O)C2S3)cc1. The minimum Gasteiger partial charge on any atom is -0.462 e. The lowest BCUT2D eigenvalue weighted by atomic mass is 9.83. The van der Waals surface area contributed by atoms with Crippen LogP contribution in [-0.4, -0.2) is 40.1 Å². The molecule has 3 unspecified atom stereocenters. The minimum atomic E-state index is -4.83. The highest BCUT2D eigenvalue weighted by molar-refractivity contribution is 8.00. The Morgan fingerprint density at radius 1 is 0.957 bits per heavy atom. The molecule has 3 heterocycles. The molecule has 0 aliphatic carbocycles. The molecule has 15 heteroatoms. The molecule has 242 valence electrons. The van der Waals surface area contributed by atoms with Gasteiger partial charge in [-0.3, -0.25) is 23.7 Å². The van der Waals surface area contributed by atoms with Crippen LogP contribution in [-0.2, 0) is 31.8 Å². The maximum atomic E-state index is 14.0. The monoisotopic (exact) mass is 701 g/mol. The second-order valence-corrected chi connectivity index (χ2v) is 13.1. The van der Waals surface area contributed by atoms with E-state index in [1.165, 1.54) is 41.0 Å². The molecular formula is C32H23ClF3N3O6S2. The van der Waals surface area contributed by atoms with Crippen LogP contribution in [0.3, 0.4) is 0 Å². The number of imide groups is 1. The van der Waals surface area contributed by atoms with Gasteiger partial charge in [0, 0.05) is 21.5 Å². The summed E-state index contributed by atoms with van der Waals surface area (Å²) in [5.74, 6) is -4.82. The molecule has 6 rings (SSSR count). The van der Waals surface area contributed by atoms with Crippen molar-refractivity contribution in [2.45, 2.75) is 35.8 Å². The van der Waals surface area contributed by atoms with Crippen molar-refractivity contribution >= 4 is 69.8 Å². The number of para-hydroxylation sites is 1. The number of nitrogens with one attached hydrogen (secondary N) is 1. The zero-order chi connectivity index (χ0) is 33.6. The number of alkyl halides is 3. The third kappa shape index (κ3) is 6.08. The van der Waals surface area contributed by atoms with Gasteiger partial charge in [0.25, 0.3) is 0 Å². The fraction of sp³-hybridized carbons (Fsp3) is 0.219. The molecule has 47 heavy (non-hydrogen) atoms. The first-order chi connectivity index (χ1) is 22.4. The van der Waals surface area contributed by atoms with Crippen LogP contribution in [0.2, 0.25) is 5.02 Å². The topological polar surface area (TPSA) is 115 Å². The zero-order valence-electron chi connectivity index (χ0n) is 24.2. The number of rotatable bonds is 7. The van der Waals surface area contributed by atoms with Crippen molar-refractivity contribution in [3.8, 4) is 0 Å². The van der Waals surface area contributed by atoms with E-state index in [1.807, 2.05) is 0 Å². The summed E-state index contributed by atoms with van der Waals surface area (Å²) in [5.41, 5.74) is -0.545. The minimum absolute atomic E-state index is 0.203. The Labute approximate surface area is 278 Å². The van der Waals surface area contributed by atoms with Crippen molar-refractivity contribution in [1.29, 1.82) is 0 Å². The highest BCUT2D eigenvalue weighted by Gasteiger charge is 2.57. The predicted molar refractivity (Wildman–Crippen MR) is 170 cm³/mol. The van der Waals surface area contributed by atoms with Gasteiger partial charge in [-0.05, 0) is 61.0 Å². The molecule has 3 aromatic carbocycles. The van der Waals surface area contributed by atoms with Gasteiger partial charge in [0.2, 0.25) is 17.7 Å². The average molecular weight is 702 g/mol. The molecule has 0 radical (unpaired) electrons. The summed E-state index contributed by atoms with van der Waals surface area (Å²) in [6.45, 7) is 1.43. The lowest BCUT2D eigenvalue weighted by molar-refractivity contribution is -0.137. The van der Waals surface area contributed by atoms with Crippen LogP contribution in [0.5, 0.6) is 0 Å². The van der Waals surface area contributed by atoms with E-state index < -0.39 is 69.6 Å². The fourth-order valence-electron chi connectivity index (χ4n) is 5.68. The number of hydrogen-bond donors (Lipinski definition) is 1. The molecule has 0 spiro atoms. The fourth-order valence-corrected chi connectivity index (χ4v) is 8.58. The molecule has 1 aromatic heterocycles. The normalized spacial score (nSPS) is 18.9. The highest BCUT2D eigenvalue weighted by Crippen LogP contribution is 2.54. The van der Waals surface area contributed by atoms with Gasteiger partial charge < -0.3 is 10.1 Å². The van der Waals surface area contributed by atoms with E-state index in [2.05, 4.69) is 5.32 Å². The maximum Gasteiger partial charge on any atom is 0.418 e. The van der Waals surface area contributed by atoms with Crippen molar-refractivity contribution in [1.82, 2.24) is 4.57 Å². The smallest absolute Gasteiger partial charge is 0.418 e. The van der Waals surface area contributed by atoms with E-state index >= 15 is 0 Å². The van der Waals surface area contributed by atoms with Gasteiger partial charge >= 0.3 is 17.0 Å². The molecule has 1 saturated heterocycles. The summed E-state index contributed by atoms with van der Waals surface area (Å²) < 4.78 is 48.1. The van der Waals surface area contributed by atoms with E-state index in [9.17, 15) is 37.1 Å². The van der Waals surface area contributed by atoms with E-state index in [-0.39, 0.29) is 17.2 Å². The first kappa shape index (κ1) is 32.5. The van der Waals surface area contributed by atoms with E-state index in [0.29, 0.717) is 26.1 Å². The van der Waals surface area contributed by atoms with Gasteiger partial charge in [-0.15, -0.1) is 0 Å². The lowest BCUT2D eigenvalue weighted by Gasteiger charge is -2.30. The number of thioether (sulfide) groups is 1. The lowest BCUT2D eigenvalue weighted by Crippen LogP contribution is -2.33. The van der Waals surface area contributed by atoms with Gasteiger partial charge in [-0.1, -0.05) is 59.0 Å². The highest BCUT2D eigenvalue weighted by atomic mass is 35.5. The van der Waals surface area contributed by atoms with Crippen LogP contribution >= 0.6 is 34.7 Å². The van der Waals surface area contributed by atoms with Gasteiger partial charge in [-0.25, -0.2) is 9.69 Å².